The SMILES string of the molecule is O=S(c1c(F)c(F)c(SOO[O-])c(F)c1F)C12CC3CC(CC(C3)C1)C2. The summed E-state index contributed by atoms with van der Waals surface area (Å²) >= 11 is -0.282. The van der Waals surface area contributed by atoms with E-state index < -0.39 is 48.6 Å². The molecule has 5 rings (SSSR count). The summed E-state index contributed by atoms with van der Waals surface area (Å²) in [5.74, 6) is -5.88. The molecule has 4 aliphatic rings. The summed E-state index contributed by atoms with van der Waals surface area (Å²) < 4.78 is 73.5. The molecule has 0 N–H and O–H groups in total. The van der Waals surface area contributed by atoms with Gasteiger partial charge in [0.2, 0.25) is 0 Å². The molecule has 1 atom stereocenters. The van der Waals surface area contributed by atoms with Crippen molar-refractivity contribution in [2.75, 3.05) is 0 Å². The van der Waals surface area contributed by atoms with E-state index in [1.165, 1.54) is 0 Å². The Labute approximate surface area is 153 Å². The Morgan fingerprint density at radius 2 is 1.38 bits per heavy atom. The molecule has 0 spiro atoms. The van der Waals surface area contributed by atoms with Crippen molar-refractivity contribution in [2.45, 2.75) is 53.1 Å². The second kappa shape index (κ2) is 6.73. The lowest BCUT2D eigenvalue weighted by Gasteiger charge is -2.56. The van der Waals surface area contributed by atoms with Gasteiger partial charge in [-0.05, 0) is 56.3 Å². The second-order valence-corrected chi connectivity index (χ2v) is 10.0. The van der Waals surface area contributed by atoms with Crippen LogP contribution in [0.5, 0.6) is 0 Å². The van der Waals surface area contributed by atoms with Gasteiger partial charge >= 0.3 is 0 Å². The van der Waals surface area contributed by atoms with Gasteiger partial charge in [0, 0.05) is 0 Å². The molecule has 144 valence electrons. The van der Waals surface area contributed by atoms with Crippen LogP contribution in [0.2, 0.25) is 0 Å². The summed E-state index contributed by atoms with van der Waals surface area (Å²) in [7, 11) is -2.22. The van der Waals surface area contributed by atoms with Crippen LogP contribution in [0.3, 0.4) is 0 Å². The van der Waals surface area contributed by atoms with Crippen molar-refractivity contribution in [3.05, 3.63) is 23.3 Å². The zero-order valence-corrected chi connectivity index (χ0v) is 15.1. The average molecular weight is 411 g/mol. The van der Waals surface area contributed by atoms with Gasteiger partial charge in [0.05, 0.1) is 27.6 Å². The number of benzene rings is 1. The summed E-state index contributed by atoms with van der Waals surface area (Å²) in [4.78, 5) is -2.25. The van der Waals surface area contributed by atoms with Crippen LogP contribution < -0.4 is 5.26 Å². The topological polar surface area (TPSA) is 58.6 Å². The third-order valence-electron chi connectivity index (χ3n) is 5.89. The Balaban J connectivity index is 1.75. The van der Waals surface area contributed by atoms with Crippen LogP contribution in [0.1, 0.15) is 38.5 Å². The molecule has 0 radical (unpaired) electrons. The van der Waals surface area contributed by atoms with Crippen molar-refractivity contribution in [2.24, 2.45) is 17.8 Å². The Morgan fingerprint density at radius 3 is 1.81 bits per heavy atom. The summed E-state index contributed by atoms with van der Waals surface area (Å²) in [6.45, 7) is 0. The van der Waals surface area contributed by atoms with E-state index in [1.54, 1.807) is 0 Å². The second-order valence-electron chi connectivity index (χ2n) is 7.50. The largest absolute Gasteiger partial charge is 0.691 e. The molecule has 26 heavy (non-hydrogen) atoms. The van der Waals surface area contributed by atoms with Gasteiger partial charge in [-0.15, -0.1) is 0 Å². The monoisotopic (exact) mass is 411 g/mol. The highest BCUT2D eigenvalue weighted by Crippen LogP contribution is 2.59. The highest BCUT2D eigenvalue weighted by atomic mass is 32.2. The van der Waals surface area contributed by atoms with E-state index >= 15 is 0 Å². The van der Waals surface area contributed by atoms with Crippen LogP contribution in [-0.2, 0) is 20.2 Å². The first-order chi connectivity index (χ1) is 12.4. The van der Waals surface area contributed by atoms with E-state index in [0.717, 1.165) is 19.3 Å². The van der Waals surface area contributed by atoms with E-state index in [1.807, 2.05) is 0 Å². The molecule has 0 heterocycles. The fraction of sp³-hybridized carbons (Fsp3) is 0.625. The van der Waals surface area contributed by atoms with Crippen LogP contribution in [0, 0.1) is 41.0 Å². The minimum absolute atomic E-state index is 0.282. The molecule has 1 aromatic carbocycles. The number of hydrogen-bond acceptors (Lipinski definition) is 5. The minimum Gasteiger partial charge on any atom is -0.691 e. The van der Waals surface area contributed by atoms with Gasteiger partial charge in [-0.3, -0.25) is 9.25 Å². The fourth-order valence-corrected chi connectivity index (χ4v) is 7.87. The van der Waals surface area contributed by atoms with E-state index in [0.29, 0.717) is 37.0 Å². The van der Waals surface area contributed by atoms with Crippen LogP contribution in [0.25, 0.3) is 0 Å². The van der Waals surface area contributed by atoms with Gasteiger partial charge in [0.25, 0.3) is 0 Å². The first-order valence-corrected chi connectivity index (χ1v) is 10.2. The maximum atomic E-state index is 14.5. The lowest BCUT2D eigenvalue weighted by molar-refractivity contribution is -0.777. The molecule has 4 fully saturated rings. The molecular formula is C16H15F4O4S2-. The molecule has 1 aromatic rings. The number of rotatable bonds is 5. The summed E-state index contributed by atoms with van der Waals surface area (Å²) in [5, 5.41) is 12.8. The van der Waals surface area contributed by atoms with Crippen molar-refractivity contribution in [3.8, 4) is 0 Å². The quantitative estimate of drug-likeness (QED) is 0.244. The molecule has 4 bridgehead atoms. The predicted octanol–water partition coefficient (Wildman–Crippen LogP) is 3.55. The normalized spacial score (nSPS) is 33.7. The van der Waals surface area contributed by atoms with Gasteiger partial charge in [0.15, 0.2) is 23.3 Å². The van der Waals surface area contributed by atoms with E-state index in [2.05, 4.69) is 9.37 Å². The lowest BCUT2D eigenvalue weighted by Crippen LogP contribution is -2.53. The van der Waals surface area contributed by atoms with Crippen LogP contribution in [0.4, 0.5) is 17.6 Å². The maximum Gasteiger partial charge on any atom is 0.179 e. The Bertz CT molecular complexity index is 709. The zero-order valence-electron chi connectivity index (χ0n) is 13.4. The highest BCUT2D eigenvalue weighted by Gasteiger charge is 2.55. The zero-order chi connectivity index (χ0) is 18.6. The highest BCUT2D eigenvalue weighted by molar-refractivity contribution is 7.94. The first kappa shape index (κ1) is 18.7. The molecule has 1 unspecified atom stereocenters. The van der Waals surface area contributed by atoms with Crippen LogP contribution in [0.15, 0.2) is 9.79 Å². The van der Waals surface area contributed by atoms with Crippen molar-refractivity contribution in [1.82, 2.24) is 0 Å². The molecule has 0 saturated heterocycles. The fourth-order valence-electron chi connectivity index (χ4n) is 5.35. The van der Waals surface area contributed by atoms with Gasteiger partial charge in [0.1, 0.15) is 9.79 Å². The molecule has 4 nitrogen and oxygen atoms in total. The van der Waals surface area contributed by atoms with Crippen LogP contribution in [-0.4, -0.2) is 8.96 Å². The number of hydrogen-bond donors (Lipinski definition) is 0. The molecule has 4 saturated carbocycles. The third kappa shape index (κ3) is 2.81. The molecular weight excluding hydrogens is 396 g/mol. The summed E-state index contributed by atoms with van der Waals surface area (Å²) in [6.07, 6.45) is 4.72. The summed E-state index contributed by atoms with van der Waals surface area (Å²) in [5.41, 5.74) is 0. The van der Waals surface area contributed by atoms with E-state index in [9.17, 15) is 27.0 Å². The van der Waals surface area contributed by atoms with Gasteiger partial charge in [-0.25, -0.2) is 17.6 Å². The van der Waals surface area contributed by atoms with Crippen molar-refractivity contribution in [3.63, 3.8) is 0 Å². The Hall–Kier alpha value is -0.680. The average Bonchev–Trinajstić information content (AvgIpc) is 2.59. The van der Waals surface area contributed by atoms with Crippen molar-refractivity contribution >= 4 is 22.8 Å². The molecule has 0 amide bonds. The Morgan fingerprint density at radius 1 is 0.923 bits per heavy atom. The van der Waals surface area contributed by atoms with E-state index in [-0.39, 0.29) is 12.0 Å². The third-order valence-corrected chi connectivity index (χ3v) is 8.55. The maximum absolute atomic E-state index is 14.5. The van der Waals surface area contributed by atoms with Crippen LogP contribution >= 0.6 is 12.0 Å². The molecule has 4 aliphatic carbocycles. The molecule has 10 heteroatoms. The molecule has 0 aromatic heterocycles. The van der Waals surface area contributed by atoms with Gasteiger partial charge in [-0.1, -0.05) is 0 Å². The lowest BCUT2D eigenvalue weighted by atomic mass is 9.56. The minimum atomic E-state index is -2.22. The van der Waals surface area contributed by atoms with Gasteiger partial charge in [-0.2, -0.15) is 4.33 Å². The number of halogens is 4. The van der Waals surface area contributed by atoms with Gasteiger partial charge < -0.3 is 5.26 Å². The van der Waals surface area contributed by atoms with Crippen molar-refractivity contribution < 1.29 is 36.4 Å². The Kier molecular flexibility index (Phi) is 4.84. The standard InChI is InChI=1S/C16H16F4O4S2/c17-10-12(19)15(13(20)11(18)14(10)25-24-23-21)26(22)16-4-7-1-8(5-16)3-9(2-7)6-16/h7-9,21H,1-6H2/p-1. The predicted molar refractivity (Wildman–Crippen MR) is 81.6 cm³/mol. The smallest absolute Gasteiger partial charge is 0.179 e. The first-order valence-electron chi connectivity index (χ1n) is 8.27. The van der Waals surface area contributed by atoms with Crippen molar-refractivity contribution in [1.29, 1.82) is 0 Å². The molecule has 0 aliphatic heterocycles. The summed E-state index contributed by atoms with van der Waals surface area (Å²) in [6, 6.07) is 0. The van der Waals surface area contributed by atoms with E-state index in [4.69, 9.17) is 0 Å².